The first-order valence-corrected chi connectivity index (χ1v) is 10.5. The van der Waals surface area contributed by atoms with Crippen molar-refractivity contribution in [3.8, 4) is 0 Å². The molecular weight excluding hydrogens is 408 g/mol. The number of anilines is 1. The number of nitrogens with one attached hydrogen (secondary N) is 2. The Kier molecular flexibility index (Phi) is 5.59. The van der Waals surface area contributed by atoms with E-state index in [-0.39, 0.29) is 24.0 Å². The topological polar surface area (TPSA) is 96.8 Å². The lowest BCUT2D eigenvalue weighted by Crippen LogP contribution is -2.33. The van der Waals surface area contributed by atoms with Crippen molar-refractivity contribution in [2.24, 2.45) is 0 Å². The van der Waals surface area contributed by atoms with E-state index in [1.54, 1.807) is 0 Å². The number of fused-ring (bicyclic) bond motifs is 1. The first kappa shape index (κ1) is 19.2. The lowest BCUT2D eigenvalue weighted by atomic mass is 10.2. The lowest BCUT2D eigenvalue weighted by Gasteiger charge is -2.12. The average molecular weight is 425 g/mol. The van der Waals surface area contributed by atoms with Crippen LogP contribution in [0.1, 0.15) is 5.56 Å². The van der Waals surface area contributed by atoms with Gasteiger partial charge in [-0.15, -0.1) is 11.3 Å². The van der Waals surface area contributed by atoms with E-state index in [0.717, 1.165) is 20.1 Å². The number of hydrogen-bond acceptors (Lipinski definition) is 6. The van der Waals surface area contributed by atoms with Gasteiger partial charge in [-0.3, -0.25) is 19.1 Å². The zero-order valence-electron chi connectivity index (χ0n) is 15.1. The Morgan fingerprint density at radius 3 is 2.66 bits per heavy atom. The molecule has 0 fully saturated rings. The van der Waals surface area contributed by atoms with Gasteiger partial charge in [0.05, 0.1) is 22.5 Å². The van der Waals surface area contributed by atoms with Crippen LogP contribution in [0.3, 0.4) is 0 Å². The number of carbonyl (C=O) groups is 1. The van der Waals surface area contributed by atoms with E-state index in [1.807, 2.05) is 54.6 Å². The third-order valence-electron chi connectivity index (χ3n) is 4.09. The largest absolute Gasteiger partial charge is 0.330 e. The quantitative estimate of drug-likeness (QED) is 0.464. The van der Waals surface area contributed by atoms with Crippen molar-refractivity contribution in [3.63, 3.8) is 0 Å². The van der Waals surface area contributed by atoms with Crippen LogP contribution >= 0.6 is 23.1 Å². The number of thioether (sulfide) groups is 1. The second-order valence-electron chi connectivity index (χ2n) is 6.18. The van der Waals surface area contributed by atoms with E-state index in [9.17, 15) is 14.4 Å². The fourth-order valence-electron chi connectivity index (χ4n) is 2.77. The van der Waals surface area contributed by atoms with Gasteiger partial charge < -0.3 is 5.32 Å². The monoisotopic (exact) mass is 424 g/mol. The van der Waals surface area contributed by atoms with Gasteiger partial charge in [-0.2, -0.15) is 0 Å². The van der Waals surface area contributed by atoms with Crippen LogP contribution in [-0.4, -0.2) is 26.2 Å². The number of benzene rings is 2. The molecule has 2 aromatic carbocycles. The number of rotatable bonds is 6. The Hall–Kier alpha value is -3.17. The summed E-state index contributed by atoms with van der Waals surface area (Å²) in [7, 11) is 0. The minimum atomic E-state index is -0.574. The van der Waals surface area contributed by atoms with Crippen LogP contribution in [-0.2, 0) is 11.3 Å². The highest BCUT2D eigenvalue weighted by molar-refractivity contribution is 8.01. The third-order valence-corrected chi connectivity index (χ3v) is 6.27. The molecule has 7 nitrogen and oxygen atoms in total. The molecule has 9 heteroatoms. The van der Waals surface area contributed by atoms with Crippen LogP contribution < -0.4 is 16.6 Å². The zero-order chi connectivity index (χ0) is 20.2. The van der Waals surface area contributed by atoms with E-state index in [1.165, 1.54) is 33.7 Å². The molecule has 29 heavy (non-hydrogen) atoms. The molecular formula is C20H16N4O3S2. The molecule has 0 aliphatic rings. The van der Waals surface area contributed by atoms with Gasteiger partial charge >= 0.3 is 5.69 Å². The molecule has 4 aromatic rings. The predicted octanol–water partition coefficient (Wildman–Crippen LogP) is 2.93. The minimum Gasteiger partial charge on any atom is -0.311 e. The second kappa shape index (κ2) is 8.46. The number of hydrogen-bond donors (Lipinski definition) is 2. The fraction of sp³-hybridized carbons (Fsp3) is 0.100. The normalized spacial score (nSPS) is 10.9. The van der Waals surface area contributed by atoms with Gasteiger partial charge in [-0.1, -0.05) is 54.2 Å². The van der Waals surface area contributed by atoms with E-state index in [2.05, 4.69) is 15.3 Å². The van der Waals surface area contributed by atoms with Crippen molar-refractivity contribution >= 4 is 45.0 Å². The molecule has 2 heterocycles. The predicted molar refractivity (Wildman–Crippen MR) is 116 cm³/mol. The Morgan fingerprint density at radius 2 is 1.86 bits per heavy atom. The van der Waals surface area contributed by atoms with Crippen molar-refractivity contribution in [2.45, 2.75) is 10.9 Å². The van der Waals surface area contributed by atoms with E-state index in [4.69, 9.17) is 0 Å². The van der Waals surface area contributed by atoms with Crippen LogP contribution in [0.2, 0.25) is 0 Å². The number of para-hydroxylation sites is 1. The molecule has 0 aliphatic carbocycles. The second-order valence-corrected chi connectivity index (χ2v) is 8.43. The first-order chi connectivity index (χ1) is 14.1. The molecule has 0 unspecified atom stereocenters. The molecule has 0 saturated carbocycles. The summed E-state index contributed by atoms with van der Waals surface area (Å²) in [6, 6.07) is 18.3. The molecule has 146 valence electrons. The number of aromatic amines is 1. The summed E-state index contributed by atoms with van der Waals surface area (Å²) in [6.07, 6.45) is 0. The van der Waals surface area contributed by atoms with Gasteiger partial charge in [0.15, 0.2) is 4.34 Å². The zero-order valence-corrected chi connectivity index (χ0v) is 16.8. The molecule has 0 atom stereocenters. The van der Waals surface area contributed by atoms with Crippen molar-refractivity contribution in [1.82, 2.24) is 14.5 Å². The maximum atomic E-state index is 12.4. The first-order valence-electron chi connectivity index (χ1n) is 8.75. The number of H-pyrrole nitrogens is 1. The lowest BCUT2D eigenvalue weighted by molar-refractivity contribution is -0.113. The van der Waals surface area contributed by atoms with Crippen molar-refractivity contribution < 1.29 is 4.79 Å². The number of thiazole rings is 1. The number of aromatic nitrogens is 3. The highest BCUT2D eigenvalue weighted by atomic mass is 32.2. The van der Waals surface area contributed by atoms with Gasteiger partial charge in [-0.25, -0.2) is 9.78 Å². The highest BCUT2D eigenvalue weighted by Crippen LogP contribution is 2.29. The highest BCUT2D eigenvalue weighted by Gasteiger charge is 2.12. The summed E-state index contributed by atoms with van der Waals surface area (Å²) in [5, 5.41) is 2.68. The summed E-state index contributed by atoms with van der Waals surface area (Å²) in [5.41, 5.74) is 0.636. The van der Waals surface area contributed by atoms with E-state index < -0.39 is 11.2 Å². The Bertz CT molecular complexity index is 1250. The van der Waals surface area contributed by atoms with Crippen molar-refractivity contribution in [2.75, 3.05) is 11.1 Å². The van der Waals surface area contributed by atoms with Crippen LogP contribution in [0.25, 0.3) is 10.2 Å². The third kappa shape index (κ3) is 4.64. The standard InChI is InChI=1S/C20H16N4O3S2/c25-17-10-16(24(19(27)23-17)11-13-6-2-1-3-7-13)22-18(26)12-28-20-21-14-8-4-5-9-15(14)29-20/h1-10H,11-12H2,(H,22,26)(H,23,25,27). The fourth-order valence-corrected chi connectivity index (χ4v) is 4.63. The minimum absolute atomic E-state index is 0.117. The molecule has 2 N–H and O–H groups in total. The van der Waals surface area contributed by atoms with Gasteiger partial charge in [0.1, 0.15) is 5.82 Å². The number of nitrogens with zero attached hydrogens (tertiary/aromatic N) is 2. The number of amides is 1. The van der Waals surface area contributed by atoms with Crippen LogP contribution in [0, 0.1) is 0 Å². The van der Waals surface area contributed by atoms with Crippen LogP contribution in [0.4, 0.5) is 5.82 Å². The van der Waals surface area contributed by atoms with Crippen molar-refractivity contribution in [1.29, 1.82) is 0 Å². The molecule has 4 rings (SSSR count). The molecule has 0 aliphatic heterocycles. The molecule has 0 bridgehead atoms. The molecule has 2 aromatic heterocycles. The summed E-state index contributed by atoms with van der Waals surface area (Å²) in [4.78, 5) is 43.2. The van der Waals surface area contributed by atoms with Gasteiger partial charge in [0.2, 0.25) is 5.91 Å². The molecule has 1 amide bonds. The Balaban J connectivity index is 1.49. The summed E-state index contributed by atoms with van der Waals surface area (Å²) in [6.45, 7) is 0.233. The van der Waals surface area contributed by atoms with Crippen molar-refractivity contribution in [3.05, 3.63) is 87.1 Å². The van der Waals surface area contributed by atoms with Gasteiger partial charge in [0.25, 0.3) is 5.56 Å². The Labute approximate surface area is 173 Å². The Morgan fingerprint density at radius 1 is 1.10 bits per heavy atom. The SMILES string of the molecule is O=C(CSc1nc2ccccc2s1)Nc1cc(=O)[nH]c(=O)n1Cc1ccccc1. The van der Waals surface area contributed by atoms with Gasteiger partial charge in [-0.05, 0) is 17.7 Å². The summed E-state index contributed by atoms with van der Waals surface area (Å²) in [5.74, 6) is -0.0369. The van der Waals surface area contributed by atoms with Crippen LogP contribution in [0.5, 0.6) is 0 Å². The van der Waals surface area contributed by atoms with Gasteiger partial charge in [0, 0.05) is 6.07 Å². The maximum absolute atomic E-state index is 12.4. The van der Waals surface area contributed by atoms with Crippen LogP contribution in [0.15, 0.2) is 74.6 Å². The number of carbonyl (C=O) groups excluding carboxylic acids is 1. The maximum Gasteiger partial charge on any atom is 0.330 e. The average Bonchev–Trinajstić information content (AvgIpc) is 3.13. The van der Waals surface area contributed by atoms with E-state index in [0.29, 0.717) is 0 Å². The smallest absolute Gasteiger partial charge is 0.311 e. The molecule has 0 saturated heterocycles. The summed E-state index contributed by atoms with van der Waals surface area (Å²) < 4.78 is 3.17. The summed E-state index contributed by atoms with van der Waals surface area (Å²) >= 11 is 2.83. The van der Waals surface area contributed by atoms with E-state index >= 15 is 0 Å². The molecule has 0 spiro atoms. The molecule has 0 radical (unpaired) electrons.